The fourth-order valence-corrected chi connectivity index (χ4v) is 5.78. The van der Waals surface area contributed by atoms with Gasteiger partial charge in [0.25, 0.3) is 0 Å². The van der Waals surface area contributed by atoms with E-state index in [0.29, 0.717) is 0 Å². The first-order valence-corrected chi connectivity index (χ1v) is 17.3. The van der Waals surface area contributed by atoms with E-state index >= 15 is 0 Å². The number of benzene rings is 2. The normalized spacial score (nSPS) is 9.12. The van der Waals surface area contributed by atoms with Gasteiger partial charge in [0.1, 0.15) is 0 Å². The van der Waals surface area contributed by atoms with Crippen LogP contribution < -0.4 is 0 Å². The van der Waals surface area contributed by atoms with Gasteiger partial charge in [-0.3, -0.25) is 0 Å². The molecular weight excluding hydrogens is 592 g/mol. The van der Waals surface area contributed by atoms with Gasteiger partial charge in [0.15, 0.2) is 0 Å². The van der Waals surface area contributed by atoms with Gasteiger partial charge in [-0.15, -0.1) is 0 Å². The molecule has 0 amide bonds. The van der Waals surface area contributed by atoms with Gasteiger partial charge < -0.3 is 29.7 Å². The average molecular weight is 616 g/mol. The molecule has 0 saturated heterocycles. The van der Waals surface area contributed by atoms with Crippen molar-refractivity contribution in [3.8, 4) is 0 Å². The molecule has 25 heavy (non-hydrogen) atoms. The van der Waals surface area contributed by atoms with Crippen molar-refractivity contribution in [2.75, 3.05) is 0 Å². The van der Waals surface area contributed by atoms with E-state index in [1.54, 1.807) is 11.8 Å². The molecule has 0 fully saturated rings. The Morgan fingerprint density at radius 1 is 0.640 bits per heavy atom. The summed E-state index contributed by atoms with van der Waals surface area (Å²) in [6.45, 7) is 0. The van der Waals surface area contributed by atoms with E-state index in [-0.39, 0.29) is 29.7 Å². The van der Waals surface area contributed by atoms with Crippen LogP contribution in [0.15, 0.2) is 65.6 Å². The molecule has 0 aliphatic rings. The molecule has 150 valence electrons. The van der Waals surface area contributed by atoms with Crippen LogP contribution in [-0.2, 0) is 27.0 Å². The van der Waals surface area contributed by atoms with Gasteiger partial charge in [-0.1, -0.05) is 0 Å². The minimum absolute atomic E-state index is 0. The topological polar surface area (TPSA) is 0 Å². The molecule has 2 rings (SSSR count). The standard InChI is InChI=1S/C7H6S.C7H6.4CH3.4ClH.2Ru/c1-8-7-5-3-2-4-6-7;1-7-5-3-2-4-6-7;;;;;;;;;;/h1-6H;1-6H;4*1H3;4*1H;;/q;;4*-1;;;;;2*+2/p-4. The zero-order chi connectivity index (χ0) is 15.5. The first-order chi connectivity index (χ1) is 10.1. The molecule has 0 aliphatic carbocycles. The second-order valence-corrected chi connectivity index (χ2v) is 16.5. The van der Waals surface area contributed by atoms with Gasteiger partial charge in [-0.05, 0) is 0 Å². The zero-order valence-corrected chi connectivity index (χ0v) is 21.9. The minimum atomic E-state index is -1.61. The van der Waals surface area contributed by atoms with Gasteiger partial charge in [0, 0.05) is 0 Å². The molecule has 0 N–H and O–H groups in total. The summed E-state index contributed by atoms with van der Waals surface area (Å²) in [5.41, 5.74) is 1.12. The molecule has 0 heterocycles. The van der Waals surface area contributed by atoms with Gasteiger partial charge in [0.05, 0.1) is 0 Å². The average Bonchev–Trinajstić information content (AvgIpc) is 2.47. The molecule has 0 nitrogen and oxygen atoms in total. The first kappa shape index (κ1) is 33.5. The van der Waals surface area contributed by atoms with Crippen LogP contribution in [0.25, 0.3) is 0 Å². The van der Waals surface area contributed by atoms with E-state index in [4.69, 9.17) is 38.8 Å². The summed E-state index contributed by atoms with van der Waals surface area (Å²) >= 11 is -1.61. The molecule has 0 saturated carbocycles. The third-order valence-corrected chi connectivity index (χ3v) is 8.38. The quantitative estimate of drug-likeness (QED) is 0.191. The van der Waals surface area contributed by atoms with Crippen LogP contribution in [0.4, 0.5) is 0 Å². The summed E-state index contributed by atoms with van der Waals surface area (Å²) in [6, 6.07) is 19.9. The molecule has 0 atom stereocenters. The molecule has 2 aromatic rings. The summed E-state index contributed by atoms with van der Waals surface area (Å²) in [4.78, 5) is 1.19. The van der Waals surface area contributed by atoms with E-state index in [9.17, 15) is 0 Å². The van der Waals surface area contributed by atoms with Gasteiger partial charge in [0.2, 0.25) is 0 Å². The Kier molecular flexibility index (Phi) is 28.5. The predicted molar refractivity (Wildman–Crippen MR) is 119 cm³/mol. The second-order valence-electron chi connectivity index (χ2n) is 3.44. The SMILES string of the molecule is [CH3-].[CH3-].[CH3-].[CH3-].[Cl][Ru]([Cl])=[CH]Sc1ccccc1.[Cl][Ru]([Cl])=[CH]c1ccccc1. The maximum atomic E-state index is 5.67. The molecular formula is C18H24Cl4Ru2S-4. The van der Waals surface area contributed by atoms with Crippen molar-refractivity contribution in [3.63, 3.8) is 0 Å². The van der Waals surface area contributed by atoms with E-state index in [1.807, 2.05) is 69.2 Å². The Morgan fingerprint density at radius 3 is 1.48 bits per heavy atom. The van der Waals surface area contributed by atoms with Crippen molar-refractivity contribution < 1.29 is 27.0 Å². The monoisotopic (exact) mass is 616 g/mol. The van der Waals surface area contributed by atoms with Crippen LogP contribution in [-0.4, -0.2) is 8.55 Å². The Balaban J connectivity index is -0.000000152. The molecule has 0 radical (unpaired) electrons. The van der Waals surface area contributed by atoms with Crippen LogP contribution in [0.2, 0.25) is 0 Å². The maximum absolute atomic E-state index is 5.67. The van der Waals surface area contributed by atoms with Crippen molar-refractivity contribution in [3.05, 3.63) is 95.9 Å². The summed E-state index contributed by atoms with van der Waals surface area (Å²) in [6.07, 6.45) is 0. The number of hydrogen-bond acceptors (Lipinski definition) is 1. The van der Waals surface area contributed by atoms with Crippen molar-refractivity contribution >= 4 is 59.1 Å². The molecule has 2 aromatic carbocycles. The molecule has 0 spiro atoms. The summed E-state index contributed by atoms with van der Waals surface area (Å²) < 4.78 is 3.84. The summed E-state index contributed by atoms with van der Waals surface area (Å²) in [7, 11) is 22.7. The van der Waals surface area contributed by atoms with Crippen LogP contribution in [0.3, 0.4) is 0 Å². The van der Waals surface area contributed by atoms with E-state index < -0.39 is 27.0 Å². The number of hydrogen-bond donors (Lipinski definition) is 0. The first-order valence-electron chi connectivity index (χ1n) is 5.49. The van der Waals surface area contributed by atoms with Crippen LogP contribution in [0.1, 0.15) is 5.56 Å². The molecule has 7 heteroatoms. The van der Waals surface area contributed by atoms with Gasteiger partial charge in [-0.2, -0.15) is 0 Å². The molecule has 0 aromatic heterocycles. The van der Waals surface area contributed by atoms with Crippen molar-refractivity contribution in [2.24, 2.45) is 0 Å². The van der Waals surface area contributed by atoms with Crippen LogP contribution >= 0.6 is 50.5 Å². The third-order valence-electron chi connectivity index (χ3n) is 1.98. The van der Waals surface area contributed by atoms with E-state index in [1.165, 1.54) is 4.90 Å². The predicted octanol–water partition coefficient (Wildman–Crippen LogP) is 8.03. The Morgan fingerprint density at radius 2 is 1.08 bits per heavy atom. The van der Waals surface area contributed by atoms with E-state index in [0.717, 1.165) is 5.56 Å². The fraction of sp³-hybridized carbons (Fsp3) is 0. The van der Waals surface area contributed by atoms with Crippen molar-refractivity contribution in [1.29, 1.82) is 0 Å². The number of rotatable bonds is 3. The molecule has 0 bridgehead atoms. The Labute approximate surface area is 185 Å². The van der Waals surface area contributed by atoms with Crippen LogP contribution in [0.5, 0.6) is 0 Å². The number of halogens is 4. The van der Waals surface area contributed by atoms with Crippen LogP contribution in [0, 0.1) is 29.7 Å². The third kappa shape index (κ3) is 19.5. The van der Waals surface area contributed by atoms with E-state index in [2.05, 4.69) is 0 Å². The van der Waals surface area contributed by atoms with Crippen molar-refractivity contribution in [1.82, 2.24) is 0 Å². The second kappa shape index (κ2) is 21.2. The molecule has 0 unspecified atom stereocenters. The molecule has 0 aliphatic heterocycles. The number of thioether (sulfide) groups is 1. The Hall–Kier alpha value is 0.937. The zero-order valence-electron chi connectivity index (χ0n) is 14.6. The fourth-order valence-electron chi connectivity index (χ4n) is 1.19. The van der Waals surface area contributed by atoms with Gasteiger partial charge in [-0.25, -0.2) is 0 Å². The van der Waals surface area contributed by atoms with Crippen molar-refractivity contribution in [2.45, 2.75) is 4.90 Å². The van der Waals surface area contributed by atoms with Gasteiger partial charge >= 0.3 is 157 Å². The Bertz CT molecular complexity index is 583. The summed E-state index contributed by atoms with van der Waals surface area (Å²) in [5.74, 6) is 0. The summed E-state index contributed by atoms with van der Waals surface area (Å²) in [5, 5.41) is 0.